The normalized spacial score (nSPS) is 11.4. The molecular weight excluding hydrogens is 212 g/mol. The van der Waals surface area contributed by atoms with Gasteiger partial charge in [-0.15, -0.1) is 0 Å². The molecule has 0 aliphatic heterocycles. The zero-order valence-electron chi connectivity index (χ0n) is 11.6. The molecule has 0 saturated carbocycles. The molecule has 0 radical (unpaired) electrons. The van der Waals surface area contributed by atoms with Crippen molar-refractivity contribution < 1.29 is 0 Å². The number of nitrogens with zero attached hydrogens (tertiary/aromatic N) is 3. The summed E-state index contributed by atoms with van der Waals surface area (Å²) in [4.78, 5) is 10.7. The Morgan fingerprint density at radius 2 is 2.00 bits per heavy atom. The lowest BCUT2D eigenvalue weighted by molar-refractivity contribution is 0.630. The van der Waals surface area contributed by atoms with Crippen LogP contribution >= 0.6 is 0 Å². The Hall–Kier alpha value is -1.32. The first-order chi connectivity index (χ1) is 7.92. The first-order valence-corrected chi connectivity index (χ1v) is 6.24. The molecule has 0 bridgehead atoms. The van der Waals surface area contributed by atoms with Crippen LogP contribution in [0.3, 0.4) is 0 Å². The molecule has 1 aromatic heterocycles. The Morgan fingerprint density at radius 1 is 1.29 bits per heavy atom. The lowest BCUT2D eigenvalue weighted by Gasteiger charge is -2.23. The molecule has 1 N–H and O–H groups in total. The number of unbranched alkanes of at least 4 members (excludes halogenated alkanes) is 1. The molecule has 0 saturated heterocycles. The first-order valence-electron chi connectivity index (χ1n) is 6.24. The van der Waals surface area contributed by atoms with Crippen molar-refractivity contribution in [1.29, 1.82) is 0 Å². The highest BCUT2D eigenvalue weighted by Crippen LogP contribution is 2.16. The lowest BCUT2D eigenvalue weighted by atomic mass is 10.1. The summed E-state index contributed by atoms with van der Waals surface area (Å²) in [5.41, 5.74) is 0.0214. The summed E-state index contributed by atoms with van der Waals surface area (Å²) >= 11 is 0. The van der Waals surface area contributed by atoms with Crippen LogP contribution in [0.15, 0.2) is 12.4 Å². The Bertz CT molecular complexity index is 344. The van der Waals surface area contributed by atoms with Crippen LogP contribution in [0.2, 0.25) is 0 Å². The SMILES string of the molecule is CCCCN(C)c1cc(NC(C)(C)C)ncn1. The zero-order valence-corrected chi connectivity index (χ0v) is 11.6. The number of hydrogen-bond acceptors (Lipinski definition) is 4. The second kappa shape index (κ2) is 5.84. The van der Waals surface area contributed by atoms with Crippen molar-refractivity contribution in [1.82, 2.24) is 9.97 Å². The minimum absolute atomic E-state index is 0.0214. The van der Waals surface area contributed by atoms with Crippen molar-refractivity contribution in [2.45, 2.75) is 46.1 Å². The third-order valence-electron chi connectivity index (χ3n) is 2.39. The molecule has 0 unspecified atom stereocenters. The highest BCUT2D eigenvalue weighted by atomic mass is 15.2. The largest absolute Gasteiger partial charge is 0.365 e. The van der Waals surface area contributed by atoms with Gasteiger partial charge in [0, 0.05) is 25.2 Å². The molecule has 1 heterocycles. The Morgan fingerprint density at radius 3 is 2.59 bits per heavy atom. The van der Waals surface area contributed by atoms with Crippen LogP contribution in [-0.4, -0.2) is 29.1 Å². The van der Waals surface area contributed by atoms with Crippen LogP contribution in [-0.2, 0) is 0 Å². The van der Waals surface area contributed by atoms with E-state index in [1.807, 2.05) is 6.07 Å². The predicted molar refractivity (Wildman–Crippen MR) is 73.6 cm³/mol. The molecule has 1 rings (SSSR count). The summed E-state index contributed by atoms with van der Waals surface area (Å²) in [7, 11) is 2.07. The second-order valence-corrected chi connectivity index (χ2v) is 5.41. The molecule has 0 amide bonds. The maximum atomic E-state index is 4.30. The standard InChI is InChI=1S/C13H24N4/c1-6-7-8-17(5)12-9-11(14-10-15-12)16-13(2,3)4/h9-10H,6-8H2,1-5H3,(H,14,15,16). The maximum absolute atomic E-state index is 4.30. The van der Waals surface area contributed by atoms with Crippen LogP contribution in [0.4, 0.5) is 11.6 Å². The summed E-state index contributed by atoms with van der Waals surface area (Å²) in [6, 6.07) is 2.00. The number of nitrogens with one attached hydrogen (secondary N) is 1. The van der Waals surface area contributed by atoms with Gasteiger partial charge in [0.05, 0.1) is 0 Å². The fourth-order valence-corrected chi connectivity index (χ4v) is 1.52. The van der Waals surface area contributed by atoms with Gasteiger partial charge in [-0.1, -0.05) is 13.3 Å². The van der Waals surface area contributed by atoms with Gasteiger partial charge in [-0.05, 0) is 27.2 Å². The van der Waals surface area contributed by atoms with Gasteiger partial charge in [0.25, 0.3) is 0 Å². The number of rotatable bonds is 5. The fraction of sp³-hybridized carbons (Fsp3) is 0.692. The van der Waals surface area contributed by atoms with Gasteiger partial charge in [0.1, 0.15) is 18.0 Å². The molecule has 4 nitrogen and oxygen atoms in total. The topological polar surface area (TPSA) is 41.0 Å². The van der Waals surface area contributed by atoms with E-state index in [1.165, 1.54) is 12.8 Å². The van der Waals surface area contributed by atoms with Crippen molar-refractivity contribution in [2.75, 3.05) is 23.8 Å². The van der Waals surface area contributed by atoms with E-state index in [4.69, 9.17) is 0 Å². The molecule has 17 heavy (non-hydrogen) atoms. The number of aromatic nitrogens is 2. The second-order valence-electron chi connectivity index (χ2n) is 5.41. The molecule has 0 atom stereocenters. The van der Waals surface area contributed by atoms with Crippen LogP contribution in [0.5, 0.6) is 0 Å². The predicted octanol–water partition coefficient (Wildman–Crippen LogP) is 2.92. The average Bonchev–Trinajstić information content (AvgIpc) is 2.24. The van der Waals surface area contributed by atoms with Crippen LogP contribution in [0.1, 0.15) is 40.5 Å². The van der Waals surface area contributed by atoms with Crippen LogP contribution < -0.4 is 10.2 Å². The van der Waals surface area contributed by atoms with Crippen LogP contribution in [0.25, 0.3) is 0 Å². The maximum Gasteiger partial charge on any atom is 0.133 e. The van der Waals surface area contributed by atoms with E-state index in [2.05, 4.69) is 54.9 Å². The first kappa shape index (κ1) is 13.7. The molecule has 96 valence electrons. The van der Waals surface area contributed by atoms with E-state index in [0.29, 0.717) is 0 Å². The Kier molecular flexibility index (Phi) is 4.73. The van der Waals surface area contributed by atoms with Gasteiger partial charge < -0.3 is 10.2 Å². The third kappa shape index (κ3) is 5.02. The van der Waals surface area contributed by atoms with Gasteiger partial charge >= 0.3 is 0 Å². The molecular formula is C13H24N4. The number of anilines is 2. The van der Waals surface area contributed by atoms with Crippen molar-refractivity contribution >= 4 is 11.6 Å². The van der Waals surface area contributed by atoms with E-state index >= 15 is 0 Å². The number of hydrogen-bond donors (Lipinski definition) is 1. The highest BCUT2D eigenvalue weighted by molar-refractivity contribution is 5.48. The van der Waals surface area contributed by atoms with Gasteiger partial charge in [-0.2, -0.15) is 0 Å². The van der Waals surface area contributed by atoms with E-state index in [0.717, 1.165) is 18.2 Å². The summed E-state index contributed by atoms with van der Waals surface area (Å²) in [6.07, 6.45) is 4.00. The van der Waals surface area contributed by atoms with Crippen molar-refractivity contribution in [3.8, 4) is 0 Å². The van der Waals surface area contributed by atoms with Gasteiger partial charge in [0.2, 0.25) is 0 Å². The molecule has 0 fully saturated rings. The van der Waals surface area contributed by atoms with Crippen LogP contribution in [0, 0.1) is 0 Å². The molecule has 0 aromatic carbocycles. The lowest BCUT2D eigenvalue weighted by Crippen LogP contribution is -2.27. The van der Waals surface area contributed by atoms with E-state index in [1.54, 1.807) is 6.33 Å². The molecule has 0 spiro atoms. The van der Waals surface area contributed by atoms with Crippen molar-refractivity contribution in [2.24, 2.45) is 0 Å². The summed E-state index contributed by atoms with van der Waals surface area (Å²) < 4.78 is 0. The van der Waals surface area contributed by atoms with E-state index in [-0.39, 0.29) is 5.54 Å². The summed E-state index contributed by atoms with van der Waals surface area (Å²) in [5, 5.41) is 3.35. The molecule has 1 aromatic rings. The quantitative estimate of drug-likeness (QED) is 0.853. The molecule has 0 aliphatic carbocycles. The van der Waals surface area contributed by atoms with Crippen molar-refractivity contribution in [3.63, 3.8) is 0 Å². The van der Waals surface area contributed by atoms with Crippen molar-refractivity contribution in [3.05, 3.63) is 12.4 Å². The van der Waals surface area contributed by atoms with Gasteiger partial charge in [-0.25, -0.2) is 9.97 Å². The summed E-state index contributed by atoms with van der Waals surface area (Å²) in [6.45, 7) is 9.59. The Labute approximate surface area is 104 Å². The monoisotopic (exact) mass is 236 g/mol. The summed E-state index contributed by atoms with van der Waals surface area (Å²) in [5.74, 6) is 1.85. The average molecular weight is 236 g/mol. The van der Waals surface area contributed by atoms with Gasteiger partial charge in [-0.3, -0.25) is 0 Å². The smallest absolute Gasteiger partial charge is 0.133 e. The Balaban J connectivity index is 2.71. The minimum atomic E-state index is 0.0214. The van der Waals surface area contributed by atoms with E-state index < -0.39 is 0 Å². The third-order valence-corrected chi connectivity index (χ3v) is 2.39. The van der Waals surface area contributed by atoms with Gasteiger partial charge in [0.15, 0.2) is 0 Å². The fourth-order valence-electron chi connectivity index (χ4n) is 1.52. The molecule has 0 aliphatic rings. The van der Waals surface area contributed by atoms with E-state index in [9.17, 15) is 0 Å². The minimum Gasteiger partial charge on any atom is -0.365 e. The zero-order chi connectivity index (χ0) is 12.9. The molecule has 4 heteroatoms. The highest BCUT2D eigenvalue weighted by Gasteiger charge is 2.11.